The molecule has 1 unspecified atom stereocenters. The summed E-state index contributed by atoms with van der Waals surface area (Å²) in [5.41, 5.74) is 4.03. The Balaban J connectivity index is 1.96. The minimum atomic E-state index is 0.471. The highest BCUT2D eigenvalue weighted by atomic mass is 15.1. The second kappa shape index (κ2) is 3.39. The van der Waals surface area contributed by atoms with Gasteiger partial charge < -0.3 is 0 Å². The van der Waals surface area contributed by atoms with Crippen LogP contribution < -0.4 is 0 Å². The van der Waals surface area contributed by atoms with Crippen molar-refractivity contribution in [1.82, 2.24) is 10.2 Å². The fraction of sp³-hybridized carbons (Fsp3) is 0.154. The normalized spacial score (nSPS) is 18.8. The highest BCUT2D eigenvalue weighted by Gasteiger charge is 2.15. The molecule has 1 N–H and O–H groups in total. The molecule has 1 heterocycles. The van der Waals surface area contributed by atoms with Crippen molar-refractivity contribution in [3.8, 4) is 0 Å². The van der Waals surface area contributed by atoms with Crippen molar-refractivity contribution in [2.75, 3.05) is 0 Å². The highest BCUT2D eigenvalue weighted by molar-refractivity contribution is 5.58. The van der Waals surface area contributed by atoms with Gasteiger partial charge in [0.1, 0.15) is 0 Å². The summed E-state index contributed by atoms with van der Waals surface area (Å²) in [5, 5.41) is 6.86. The molecule has 2 nitrogen and oxygen atoms in total. The summed E-state index contributed by atoms with van der Waals surface area (Å²) in [7, 11) is 0. The molecule has 0 amide bonds. The van der Waals surface area contributed by atoms with Gasteiger partial charge in [-0.2, -0.15) is 5.10 Å². The SMILES string of the molecule is C1=CC(c2cn[nH]c2)Cc2ccccc21. The van der Waals surface area contributed by atoms with Crippen LogP contribution in [0.4, 0.5) is 0 Å². The van der Waals surface area contributed by atoms with Crippen molar-refractivity contribution in [1.29, 1.82) is 0 Å². The third-order valence-corrected chi connectivity index (χ3v) is 2.95. The Bertz CT molecular complexity index is 483. The number of fused-ring (bicyclic) bond motifs is 1. The zero-order valence-corrected chi connectivity index (χ0v) is 8.35. The largest absolute Gasteiger partial charge is 0.285 e. The standard InChI is InChI=1S/C13H12N2/c1-2-4-11-7-12(6-5-10(11)3-1)13-8-14-15-9-13/h1-6,8-9,12H,7H2,(H,14,15). The first-order valence-electron chi connectivity index (χ1n) is 5.18. The maximum Gasteiger partial charge on any atom is 0.0525 e. The van der Waals surface area contributed by atoms with Gasteiger partial charge in [-0.1, -0.05) is 36.4 Å². The van der Waals surface area contributed by atoms with Gasteiger partial charge in [-0.15, -0.1) is 0 Å². The maximum atomic E-state index is 3.99. The summed E-state index contributed by atoms with van der Waals surface area (Å²) in [6, 6.07) is 8.55. The van der Waals surface area contributed by atoms with Crippen LogP contribution in [-0.2, 0) is 6.42 Å². The van der Waals surface area contributed by atoms with Crippen LogP contribution in [0.1, 0.15) is 22.6 Å². The number of nitrogens with zero attached hydrogens (tertiary/aromatic N) is 1. The van der Waals surface area contributed by atoms with Crippen LogP contribution >= 0.6 is 0 Å². The Morgan fingerprint density at radius 2 is 2.20 bits per heavy atom. The number of hydrogen-bond acceptors (Lipinski definition) is 1. The molecule has 2 heteroatoms. The molecule has 2 aromatic rings. The van der Waals surface area contributed by atoms with E-state index in [1.807, 2.05) is 12.4 Å². The quantitative estimate of drug-likeness (QED) is 0.746. The van der Waals surface area contributed by atoms with E-state index in [0.717, 1.165) is 6.42 Å². The van der Waals surface area contributed by atoms with Gasteiger partial charge in [-0.05, 0) is 23.1 Å². The molecule has 3 rings (SSSR count). The molecule has 0 fully saturated rings. The van der Waals surface area contributed by atoms with Crippen LogP contribution in [0.25, 0.3) is 6.08 Å². The Hall–Kier alpha value is -1.83. The van der Waals surface area contributed by atoms with Crippen LogP contribution in [0.5, 0.6) is 0 Å². The predicted octanol–water partition coefficient (Wildman–Crippen LogP) is 2.76. The summed E-state index contributed by atoms with van der Waals surface area (Å²) in [5.74, 6) is 0.471. The zero-order valence-electron chi connectivity index (χ0n) is 8.35. The lowest BCUT2D eigenvalue weighted by Crippen LogP contribution is -2.04. The lowest BCUT2D eigenvalue weighted by molar-refractivity contribution is 0.828. The first-order chi connectivity index (χ1) is 7.43. The van der Waals surface area contributed by atoms with Gasteiger partial charge in [-0.25, -0.2) is 0 Å². The average Bonchev–Trinajstić information content (AvgIpc) is 2.82. The molecule has 1 aliphatic rings. The lowest BCUT2D eigenvalue weighted by atomic mass is 9.87. The third kappa shape index (κ3) is 1.48. The van der Waals surface area contributed by atoms with Gasteiger partial charge >= 0.3 is 0 Å². The second-order valence-corrected chi connectivity index (χ2v) is 3.90. The zero-order chi connectivity index (χ0) is 10.1. The van der Waals surface area contributed by atoms with E-state index in [4.69, 9.17) is 0 Å². The topological polar surface area (TPSA) is 28.7 Å². The van der Waals surface area contributed by atoms with Gasteiger partial charge in [0.25, 0.3) is 0 Å². The number of allylic oxidation sites excluding steroid dienone is 1. The van der Waals surface area contributed by atoms with Gasteiger partial charge in [-0.3, -0.25) is 5.10 Å². The number of aromatic nitrogens is 2. The van der Waals surface area contributed by atoms with Gasteiger partial charge in [0.05, 0.1) is 6.20 Å². The lowest BCUT2D eigenvalue weighted by Gasteiger charge is -2.17. The number of aromatic amines is 1. The molecule has 0 spiro atoms. The molecule has 0 saturated carbocycles. The van der Waals surface area contributed by atoms with Crippen LogP contribution in [0, 0.1) is 0 Å². The third-order valence-electron chi connectivity index (χ3n) is 2.95. The Morgan fingerprint density at radius 3 is 3.07 bits per heavy atom. The van der Waals surface area contributed by atoms with Gasteiger partial charge in [0, 0.05) is 12.1 Å². The minimum absolute atomic E-state index is 0.471. The van der Waals surface area contributed by atoms with E-state index in [1.54, 1.807) is 0 Å². The van der Waals surface area contributed by atoms with E-state index >= 15 is 0 Å². The summed E-state index contributed by atoms with van der Waals surface area (Å²) < 4.78 is 0. The van der Waals surface area contributed by atoms with Crippen molar-refractivity contribution in [3.63, 3.8) is 0 Å². The molecule has 0 aliphatic heterocycles. The average molecular weight is 196 g/mol. The van der Waals surface area contributed by atoms with E-state index in [9.17, 15) is 0 Å². The van der Waals surface area contributed by atoms with E-state index in [-0.39, 0.29) is 0 Å². The van der Waals surface area contributed by atoms with E-state index in [2.05, 4.69) is 46.6 Å². The van der Waals surface area contributed by atoms with Crippen molar-refractivity contribution < 1.29 is 0 Å². The number of hydrogen-bond donors (Lipinski definition) is 1. The number of rotatable bonds is 1. The monoisotopic (exact) mass is 196 g/mol. The van der Waals surface area contributed by atoms with E-state index < -0.39 is 0 Å². The molecule has 1 aromatic heterocycles. The van der Waals surface area contributed by atoms with Crippen molar-refractivity contribution in [2.24, 2.45) is 0 Å². The van der Waals surface area contributed by atoms with Gasteiger partial charge in [0.15, 0.2) is 0 Å². The maximum absolute atomic E-state index is 3.99. The summed E-state index contributed by atoms with van der Waals surface area (Å²) in [4.78, 5) is 0. The summed E-state index contributed by atoms with van der Waals surface area (Å²) in [6.45, 7) is 0. The Labute approximate surface area is 88.7 Å². The summed E-state index contributed by atoms with van der Waals surface area (Å²) in [6.07, 6.45) is 9.42. The van der Waals surface area contributed by atoms with Crippen LogP contribution in [0.3, 0.4) is 0 Å². The van der Waals surface area contributed by atoms with E-state index in [0.29, 0.717) is 5.92 Å². The fourth-order valence-corrected chi connectivity index (χ4v) is 2.10. The first-order valence-corrected chi connectivity index (χ1v) is 5.18. The Morgan fingerprint density at radius 1 is 1.27 bits per heavy atom. The molecule has 1 aromatic carbocycles. The number of benzene rings is 1. The fourth-order valence-electron chi connectivity index (χ4n) is 2.10. The number of nitrogens with one attached hydrogen (secondary N) is 1. The molecule has 1 aliphatic carbocycles. The molecule has 0 radical (unpaired) electrons. The van der Waals surface area contributed by atoms with Crippen LogP contribution in [-0.4, -0.2) is 10.2 Å². The molecular weight excluding hydrogens is 184 g/mol. The molecule has 0 saturated heterocycles. The van der Waals surface area contributed by atoms with E-state index in [1.165, 1.54) is 16.7 Å². The first kappa shape index (κ1) is 8.48. The van der Waals surface area contributed by atoms with Crippen molar-refractivity contribution >= 4 is 6.08 Å². The minimum Gasteiger partial charge on any atom is -0.285 e. The number of H-pyrrole nitrogens is 1. The van der Waals surface area contributed by atoms with Crippen LogP contribution in [0.2, 0.25) is 0 Å². The second-order valence-electron chi connectivity index (χ2n) is 3.90. The smallest absolute Gasteiger partial charge is 0.0525 e. The molecule has 1 atom stereocenters. The van der Waals surface area contributed by atoms with Gasteiger partial charge in [0.2, 0.25) is 0 Å². The highest BCUT2D eigenvalue weighted by Crippen LogP contribution is 2.28. The van der Waals surface area contributed by atoms with Crippen molar-refractivity contribution in [3.05, 3.63) is 59.4 Å². The molecule has 74 valence electrons. The molecule has 0 bridgehead atoms. The summed E-state index contributed by atoms with van der Waals surface area (Å²) >= 11 is 0. The molecule has 15 heavy (non-hydrogen) atoms. The molecular formula is C13H12N2. The van der Waals surface area contributed by atoms with Crippen molar-refractivity contribution in [2.45, 2.75) is 12.3 Å². The van der Waals surface area contributed by atoms with Crippen LogP contribution in [0.15, 0.2) is 42.7 Å². The predicted molar refractivity (Wildman–Crippen MR) is 60.5 cm³/mol. The Kier molecular flexibility index (Phi) is 1.91.